The van der Waals surface area contributed by atoms with Crippen molar-refractivity contribution < 1.29 is 5.11 Å². The third-order valence-corrected chi connectivity index (χ3v) is 3.80. The molecule has 1 atom stereocenters. The first kappa shape index (κ1) is 14.0. The number of aryl methyl sites for hydroxylation is 1. The molecule has 1 aromatic carbocycles. The third kappa shape index (κ3) is 3.14. The van der Waals surface area contributed by atoms with E-state index in [0.717, 1.165) is 48.1 Å². The van der Waals surface area contributed by atoms with Crippen LogP contribution >= 0.6 is 0 Å². The van der Waals surface area contributed by atoms with Crippen LogP contribution in [-0.4, -0.2) is 39.8 Å². The van der Waals surface area contributed by atoms with Gasteiger partial charge in [0.2, 0.25) is 0 Å². The maximum absolute atomic E-state index is 10.4. The second kappa shape index (κ2) is 6.17. The maximum Gasteiger partial charge on any atom is 0.0805 e. The number of fused-ring (bicyclic) bond motifs is 1. The van der Waals surface area contributed by atoms with E-state index >= 15 is 0 Å². The molecule has 19 heavy (non-hydrogen) atoms. The minimum atomic E-state index is -0.403. The number of aromatic nitrogens is 2. The summed E-state index contributed by atoms with van der Waals surface area (Å²) in [5.74, 6) is 0. The van der Waals surface area contributed by atoms with Crippen LogP contribution < -0.4 is 0 Å². The zero-order valence-electron chi connectivity index (χ0n) is 12.0. The third-order valence-electron chi connectivity index (χ3n) is 3.80. The Morgan fingerprint density at radius 1 is 1.32 bits per heavy atom. The Bertz CT molecular complexity index is 531. The van der Waals surface area contributed by atoms with E-state index in [9.17, 15) is 5.11 Å². The van der Waals surface area contributed by atoms with Crippen LogP contribution in [0.3, 0.4) is 0 Å². The number of aliphatic hydroxyl groups excluding tert-OH is 1. The van der Waals surface area contributed by atoms with E-state index in [0.29, 0.717) is 0 Å². The lowest BCUT2D eigenvalue weighted by Gasteiger charge is -2.21. The highest BCUT2D eigenvalue weighted by Crippen LogP contribution is 2.25. The predicted molar refractivity (Wildman–Crippen MR) is 78.2 cm³/mol. The summed E-state index contributed by atoms with van der Waals surface area (Å²) in [5, 5.41) is 18.4. The summed E-state index contributed by atoms with van der Waals surface area (Å²) >= 11 is 0. The molecule has 0 saturated heterocycles. The van der Waals surface area contributed by atoms with Gasteiger partial charge in [-0.05, 0) is 49.7 Å². The summed E-state index contributed by atoms with van der Waals surface area (Å²) in [6.07, 6.45) is 2.17. The second-order valence-corrected chi connectivity index (χ2v) is 5.00. The van der Waals surface area contributed by atoms with E-state index in [1.54, 1.807) is 6.20 Å². The van der Waals surface area contributed by atoms with E-state index in [1.807, 2.05) is 13.0 Å². The molecule has 0 spiro atoms. The molecule has 0 aliphatic heterocycles. The SMILES string of the molecule is CCN(CC)CCC(O)c1cc2cn[nH]c2cc1C. The first-order valence-corrected chi connectivity index (χ1v) is 6.99. The van der Waals surface area contributed by atoms with Crippen LogP contribution in [0.25, 0.3) is 10.9 Å². The van der Waals surface area contributed by atoms with Gasteiger partial charge in [0.25, 0.3) is 0 Å². The molecule has 0 bridgehead atoms. The Kier molecular flexibility index (Phi) is 4.56. The molecule has 1 unspecified atom stereocenters. The van der Waals surface area contributed by atoms with Crippen molar-refractivity contribution in [2.24, 2.45) is 0 Å². The lowest BCUT2D eigenvalue weighted by Crippen LogP contribution is -2.25. The van der Waals surface area contributed by atoms with Gasteiger partial charge in [-0.25, -0.2) is 0 Å². The van der Waals surface area contributed by atoms with Crippen molar-refractivity contribution >= 4 is 10.9 Å². The van der Waals surface area contributed by atoms with E-state index < -0.39 is 6.10 Å². The average Bonchev–Trinajstić information content (AvgIpc) is 2.85. The van der Waals surface area contributed by atoms with Crippen LogP contribution in [-0.2, 0) is 0 Å². The molecule has 2 N–H and O–H groups in total. The van der Waals surface area contributed by atoms with Gasteiger partial charge in [-0.1, -0.05) is 13.8 Å². The van der Waals surface area contributed by atoms with Crippen LogP contribution in [0.4, 0.5) is 0 Å². The molecular formula is C15H23N3O. The maximum atomic E-state index is 10.4. The molecule has 0 fully saturated rings. The molecule has 4 heteroatoms. The normalized spacial score (nSPS) is 13.3. The zero-order chi connectivity index (χ0) is 13.8. The van der Waals surface area contributed by atoms with E-state index in [2.05, 4.69) is 35.0 Å². The molecule has 0 aliphatic carbocycles. The number of benzene rings is 1. The van der Waals surface area contributed by atoms with Crippen molar-refractivity contribution in [1.29, 1.82) is 0 Å². The summed E-state index contributed by atoms with van der Waals surface area (Å²) in [4.78, 5) is 2.33. The fourth-order valence-corrected chi connectivity index (χ4v) is 2.48. The van der Waals surface area contributed by atoms with Crippen molar-refractivity contribution in [1.82, 2.24) is 15.1 Å². The average molecular weight is 261 g/mol. The largest absolute Gasteiger partial charge is 0.388 e. The summed E-state index contributed by atoms with van der Waals surface area (Å²) in [6.45, 7) is 9.33. The number of nitrogens with one attached hydrogen (secondary N) is 1. The molecule has 0 amide bonds. The van der Waals surface area contributed by atoms with Gasteiger partial charge in [0.1, 0.15) is 0 Å². The number of aliphatic hydroxyl groups is 1. The molecule has 0 radical (unpaired) electrons. The first-order valence-electron chi connectivity index (χ1n) is 6.99. The van der Waals surface area contributed by atoms with Crippen molar-refractivity contribution in [3.05, 3.63) is 29.5 Å². The molecule has 4 nitrogen and oxygen atoms in total. The molecule has 1 aromatic heterocycles. The highest BCUT2D eigenvalue weighted by molar-refractivity contribution is 5.79. The van der Waals surface area contributed by atoms with E-state index in [4.69, 9.17) is 0 Å². The van der Waals surface area contributed by atoms with E-state index in [-0.39, 0.29) is 0 Å². The number of aromatic amines is 1. The Hall–Kier alpha value is -1.39. The van der Waals surface area contributed by atoms with Crippen molar-refractivity contribution in [2.75, 3.05) is 19.6 Å². The summed E-state index contributed by atoms with van der Waals surface area (Å²) in [7, 11) is 0. The molecule has 2 aromatic rings. The minimum Gasteiger partial charge on any atom is -0.388 e. The fourth-order valence-electron chi connectivity index (χ4n) is 2.48. The Morgan fingerprint density at radius 3 is 2.74 bits per heavy atom. The summed E-state index contributed by atoms with van der Waals surface area (Å²) in [5.41, 5.74) is 3.15. The molecule has 0 aliphatic rings. The summed E-state index contributed by atoms with van der Waals surface area (Å²) in [6, 6.07) is 4.10. The van der Waals surface area contributed by atoms with Crippen LogP contribution in [0.5, 0.6) is 0 Å². The number of rotatable bonds is 6. The lowest BCUT2D eigenvalue weighted by molar-refractivity contribution is 0.145. The Labute approximate surface area is 114 Å². The Balaban J connectivity index is 2.11. The quantitative estimate of drug-likeness (QED) is 0.840. The predicted octanol–water partition coefficient (Wildman–Crippen LogP) is 2.64. The lowest BCUT2D eigenvalue weighted by atomic mass is 9.99. The number of nitrogens with zero attached hydrogens (tertiary/aromatic N) is 2. The molecule has 0 saturated carbocycles. The molecule has 2 rings (SSSR count). The monoisotopic (exact) mass is 261 g/mol. The first-order chi connectivity index (χ1) is 9.15. The van der Waals surface area contributed by atoms with Crippen LogP contribution in [0.2, 0.25) is 0 Å². The zero-order valence-corrected chi connectivity index (χ0v) is 12.0. The van der Waals surface area contributed by atoms with Gasteiger partial charge in [-0.2, -0.15) is 5.10 Å². The van der Waals surface area contributed by atoms with Gasteiger partial charge in [0.15, 0.2) is 0 Å². The van der Waals surface area contributed by atoms with Gasteiger partial charge in [0, 0.05) is 11.9 Å². The van der Waals surface area contributed by atoms with Crippen molar-refractivity contribution in [2.45, 2.75) is 33.3 Å². The van der Waals surface area contributed by atoms with Crippen LogP contribution in [0.1, 0.15) is 37.5 Å². The topological polar surface area (TPSA) is 52.1 Å². The minimum absolute atomic E-state index is 0.403. The van der Waals surface area contributed by atoms with Gasteiger partial charge in [-0.15, -0.1) is 0 Å². The van der Waals surface area contributed by atoms with Gasteiger partial charge in [0.05, 0.1) is 17.8 Å². The molecular weight excluding hydrogens is 238 g/mol. The number of H-pyrrole nitrogens is 1. The van der Waals surface area contributed by atoms with Gasteiger partial charge >= 0.3 is 0 Å². The number of hydrogen-bond acceptors (Lipinski definition) is 3. The van der Waals surface area contributed by atoms with Crippen LogP contribution in [0.15, 0.2) is 18.3 Å². The highest BCUT2D eigenvalue weighted by Gasteiger charge is 2.13. The van der Waals surface area contributed by atoms with Crippen LogP contribution in [0, 0.1) is 6.92 Å². The van der Waals surface area contributed by atoms with Gasteiger partial charge < -0.3 is 10.0 Å². The second-order valence-electron chi connectivity index (χ2n) is 5.00. The van der Waals surface area contributed by atoms with E-state index in [1.165, 1.54) is 0 Å². The molecule has 1 heterocycles. The van der Waals surface area contributed by atoms with Crippen molar-refractivity contribution in [3.63, 3.8) is 0 Å². The fraction of sp³-hybridized carbons (Fsp3) is 0.533. The van der Waals surface area contributed by atoms with Crippen molar-refractivity contribution in [3.8, 4) is 0 Å². The number of hydrogen-bond donors (Lipinski definition) is 2. The molecule has 104 valence electrons. The smallest absolute Gasteiger partial charge is 0.0805 e. The van der Waals surface area contributed by atoms with Gasteiger partial charge in [-0.3, -0.25) is 5.10 Å². The Morgan fingerprint density at radius 2 is 2.05 bits per heavy atom. The highest BCUT2D eigenvalue weighted by atomic mass is 16.3. The summed E-state index contributed by atoms with van der Waals surface area (Å²) < 4.78 is 0. The standard InChI is InChI=1S/C15H23N3O/c1-4-18(5-2)7-6-15(19)13-9-12-10-16-17-14(12)8-11(13)3/h8-10,15,19H,4-7H2,1-3H3,(H,16,17).